The van der Waals surface area contributed by atoms with Crippen LogP contribution < -0.4 is 4.72 Å². The first-order chi connectivity index (χ1) is 8.74. The molecule has 1 rings (SSSR count). The van der Waals surface area contributed by atoms with Crippen LogP contribution >= 0.6 is 0 Å². The fourth-order valence-corrected chi connectivity index (χ4v) is 2.56. The smallest absolute Gasteiger partial charge is 0.332 e. The van der Waals surface area contributed by atoms with E-state index < -0.39 is 32.8 Å². The fraction of sp³-hybridized carbons (Fsp3) is 0.364. The molecule has 19 heavy (non-hydrogen) atoms. The Balaban J connectivity index is 2.76. The molecule has 0 amide bonds. The quantitative estimate of drug-likeness (QED) is 0.697. The zero-order chi connectivity index (χ0) is 14.6. The van der Waals surface area contributed by atoms with E-state index in [9.17, 15) is 17.6 Å². The topological polar surface area (TPSA) is 104 Å². The van der Waals surface area contributed by atoms with Crippen LogP contribution in [0.4, 0.5) is 4.39 Å². The van der Waals surface area contributed by atoms with E-state index in [1.807, 2.05) is 4.72 Å². The van der Waals surface area contributed by atoms with Crippen LogP contribution in [0, 0.1) is 12.7 Å². The maximum atomic E-state index is 13.4. The highest BCUT2D eigenvalue weighted by Crippen LogP contribution is 2.15. The van der Waals surface area contributed by atoms with Crippen molar-refractivity contribution < 1.29 is 27.8 Å². The van der Waals surface area contributed by atoms with Gasteiger partial charge in [-0.05, 0) is 31.0 Å². The van der Waals surface area contributed by atoms with E-state index in [0.29, 0.717) is 5.56 Å². The number of sulfonamides is 1. The van der Waals surface area contributed by atoms with Crippen LogP contribution in [0.1, 0.15) is 12.0 Å². The van der Waals surface area contributed by atoms with Gasteiger partial charge in [-0.3, -0.25) is 0 Å². The third-order valence-electron chi connectivity index (χ3n) is 2.37. The number of carboxylic acid groups (broad SMARTS) is 1. The number of aliphatic hydroxyl groups is 1. The molecule has 1 atom stereocenters. The van der Waals surface area contributed by atoms with E-state index in [2.05, 4.69) is 0 Å². The molecule has 3 N–H and O–H groups in total. The minimum absolute atomic E-state index is 0.302. The molecule has 1 aromatic rings. The van der Waals surface area contributed by atoms with Gasteiger partial charge in [0.1, 0.15) is 10.7 Å². The van der Waals surface area contributed by atoms with E-state index >= 15 is 0 Å². The summed E-state index contributed by atoms with van der Waals surface area (Å²) < 4.78 is 39.0. The Labute approximate surface area is 109 Å². The van der Waals surface area contributed by atoms with Crippen molar-refractivity contribution in [1.29, 1.82) is 0 Å². The molecule has 6 nitrogen and oxygen atoms in total. The summed E-state index contributed by atoms with van der Waals surface area (Å²) in [5.41, 5.74) is 0.576. The second-order valence-electron chi connectivity index (χ2n) is 3.97. The van der Waals surface area contributed by atoms with Crippen LogP contribution in [-0.4, -0.2) is 37.2 Å². The van der Waals surface area contributed by atoms with E-state index in [1.165, 1.54) is 12.1 Å². The van der Waals surface area contributed by atoms with Gasteiger partial charge in [0.05, 0.1) is 0 Å². The van der Waals surface area contributed by atoms with Gasteiger partial charge in [0.25, 0.3) is 0 Å². The zero-order valence-corrected chi connectivity index (χ0v) is 10.9. The van der Waals surface area contributed by atoms with Gasteiger partial charge in [0, 0.05) is 6.54 Å². The third-order valence-corrected chi connectivity index (χ3v) is 3.85. The minimum Gasteiger partial charge on any atom is -0.479 e. The predicted octanol–water partition coefficient (Wildman–Crippen LogP) is 0.248. The van der Waals surface area contributed by atoms with Crippen molar-refractivity contribution in [2.75, 3.05) is 6.54 Å². The Morgan fingerprint density at radius 3 is 2.68 bits per heavy atom. The number of hydrogen-bond acceptors (Lipinski definition) is 4. The molecule has 0 aromatic heterocycles. The highest BCUT2D eigenvalue weighted by Gasteiger charge is 2.20. The fourth-order valence-electron chi connectivity index (χ4n) is 1.35. The number of carbonyl (C=O) groups is 1. The molecule has 0 spiro atoms. The first-order valence-electron chi connectivity index (χ1n) is 5.41. The number of hydrogen-bond donors (Lipinski definition) is 3. The number of aryl methyl sites for hydroxylation is 1. The van der Waals surface area contributed by atoms with Crippen molar-refractivity contribution in [3.8, 4) is 0 Å². The average molecular weight is 291 g/mol. The molecule has 0 bridgehead atoms. The summed E-state index contributed by atoms with van der Waals surface area (Å²) in [7, 11) is -4.06. The Kier molecular flexibility index (Phi) is 4.98. The Morgan fingerprint density at radius 1 is 1.47 bits per heavy atom. The van der Waals surface area contributed by atoms with Gasteiger partial charge < -0.3 is 10.2 Å². The number of carboxylic acids is 1. The van der Waals surface area contributed by atoms with Crippen LogP contribution in [0.25, 0.3) is 0 Å². The Bertz CT molecular complexity index is 572. The number of halogens is 1. The molecule has 0 saturated carbocycles. The number of aliphatic hydroxyl groups excluding tert-OH is 1. The maximum absolute atomic E-state index is 13.4. The summed E-state index contributed by atoms with van der Waals surface area (Å²) in [5, 5.41) is 17.4. The second kappa shape index (κ2) is 6.09. The molecule has 0 heterocycles. The second-order valence-corrected chi connectivity index (χ2v) is 5.71. The Hall–Kier alpha value is -1.51. The van der Waals surface area contributed by atoms with E-state index in [-0.39, 0.29) is 13.0 Å². The predicted molar refractivity (Wildman–Crippen MR) is 64.6 cm³/mol. The molecule has 0 saturated heterocycles. The van der Waals surface area contributed by atoms with E-state index in [4.69, 9.17) is 10.2 Å². The van der Waals surface area contributed by atoms with Crippen molar-refractivity contribution in [2.24, 2.45) is 0 Å². The molecule has 0 radical (unpaired) electrons. The van der Waals surface area contributed by atoms with Gasteiger partial charge in [-0.25, -0.2) is 22.3 Å². The summed E-state index contributed by atoms with van der Waals surface area (Å²) in [6.07, 6.45) is -1.97. The van der Waals surface area contributed by atoms with Crippen molar-refractivity contribution in [3.05, 3.63) is 29.6 Å². The molecule has 1 aromatic carbocycles. The van der Waals surface area contributed by atoms with Gasteiger partial charge in [-0.1, -0.05) is 6.07 Å². The third kappa shape index (κ3) is 4.27. The van der Waals surface area contributed by atoms with Gasteiger partial charge in [0.2, 0.25) is 10.0 Å². The normalized spacial score (nSPS) is 13.2. The number of nitrogens with one attached hydrogen (secondary N) is 1. The standard InChI is InChI=1S/C11H14FNO5S/c1-7-2-3-8(12)10(6-7)19(17,18)13-5-4-9(14)11(15)16/h2-3,6,9,13-14H,4-5H2,1H3,(H,15,16)/t9-/m0/s1. The van der Waals surface area contributed by atoms with Crippen LogP contribution in [0.15, 0.2) is 23.1 Å². The molecule has 0 aliphatic carbocycles. The molecular weight excluding hydrogens is 277 g/mol. The van der Waals surface area contributed by atoms with Crippen LogP contribution in [0.5, 0.6) is 0 Å². The Morgan fingerprint density at radius 2 is 2.11 bits per heavy atom. The van der Waals surface area contributed by atoms with Gasteiger partial charge in [-0.15, -0.1) is 0 Å². The van der Waals surface area contributed by atoms with Crippen molar-refractivity contribution in [3.63, 3.8) is 0 Å². The highest BCUT2D eigenvalue weighted by atomic mass is 32.2. The average Bonchev–Trinajstić information content (AvgIpc) is 2.31. The van der Waals surface area contributed by atoms with Gasteiger partial charge in [0.15, 0.2) is 6.10 Å². The summed E-state index contributed by atoms with van der Waals surface area (Å²) in [6, 6.07) is 3.64. The van der Waals surface area contributed by atoms with E-state index in [0.717, 1.165) is 6.07 Å². The number of aliphatic carboxylic acids is 1. The van der Waals surface area contributed by atoms with Crippen molar-refractivity contribution >= 4 is 16.0 Å². The van der Waals surface area contributed by atoms with Crippen LogP contribution in [0.3, 0.4) is 0 Å². The van der Waals surface area contributed by atoms with Crippen molar-refractivity contribution in [2.45, 2.75) is 24.3 Å². The summed E-state index contributed by atoms with van der Waals surface area (Å²) in [5.74, 6) is -2.34. The SMILES string of the molecule is Cc1ccc(F)c(S(=O)(=O)NCC[C@H](O)C(=O)O)c1. The lowest BCUT2D eigenvalue weighted by molar-refractivity contribution is -0.146. The van der Waals surface area contributed by atoms with Crippen molar-refractivity contribution in [1.82, 2.24) is 4.72 Å². The molecule has 106 valence electrons. The van der Waals surface area contributed by atoms with Gasteiger partial charge >= 0.3 is 5.97 Å². The lowest BCUT2D eigenvalue weighted by atomic mass is 10.2. The largest absolute Gasteiger partial charge is 0.479 e. The molecule has 0 fully saturated rings. The number of rotatable bonds is 6. The van der Waals surface area contributed by atoms with Gasteiger partial charge in [-0.2, -0.15) is 0 Å². The highest BCUT2D eigenvalue weighted by molar-refractivity contribution is 7.89. The minimum atomic E-state index is -4.06. The molecule has 0 aliphatic rings. The zero-order valence-electron chi connectivity index (χ0n) is 10.1. The molecule has 0 aliphatic heterocycles. The summed E-state index contributed by atoms with van der Waals surface area (Å²) in [4.78, 5) is 9.83. The summed E-state index contributed by atoms with van der Waals surface area (Å²) in [6.45, 7) is 1.32. The lowest BCUT2D eigenvalue weighted by Crippen LogP contribution is -2.30. The number of benzene rings is 1. The monoisotopic (exact) mass is 291 g/mol. The maximum Gasteiger partial charge on any atom is 0.332 e. The molecule has 8 heteroatoms. The first kappa shape index (κ1) is 15.5. The molecule has 0 unspecified atom stereocenters. The van der Waals surface area contributed by atoms with E-state index in [1.54, 1.807) is 6.92 Å². The first-order valence-corrected chi connectivity index (χ1v) is 6.89. The summed E-state index contributed by atoms with van der Waals surface area (Å²) >= 11 is 0. The van der Waals surface area contributed by atoms with Crippen LogP contribution in [0.2, 0.25) is 0 Å². The molecular formula is C11H14FNO5S. The van der Waals surface area contributed by atoms with Crippen LogP contribution in [-0.2, 0) is 14.8 Å². The lowest BCUT2D eigenvalue weighted by Gasteiger charge is -2.09.